The van der Waals surface area contributed by atoms with Crippen LogP contribution in [-0.4, -0.2) is 60.0 Å². The fourth-order valence-corrected chi connectivity index (χ4v) is 2.90. The molecule has 6 nitrogen and oxygen atoms in total. The number of urea groups is 1. The number of rotatable bonds is 4. The number of carbonyl (C=O) groups is 2. The number of piperidine rings is 1. The van der Waals surface area contributed by atoms with Crippen molar-refractivity contribution >= 4 is 11.9 Å². The van der Waals surface area contributed by atoms with Crippen LogP contribution in [0, 0.1) is 0 Å². The number of carbonyl (C=O) groups excluding carboxylic acids is 2. The van der Waals surface area contributed by atoms with Gasteiger partial charge in [0.05, 0.1) is 6.04 Å². The van der Waals surface area contributed by atoms with Crippen LogP contribution in [0.15, 0.2) is 0 Å². The van der Waals surface area contributed by atoms with Crippen LogP contribution in [0.2, 0.25) is 0 Å². The summed E-state index contributed by atoms with van der Waals surface area (Å²) in [6.07, 6.45) is 3.39. The lowest BCUT2D eigenvalue weighted by Gasteiger charge is -2.37. The summed E-state index contributed by atoms with van der Waals surface area (Å²) >= 11 is 0. The number of likely N-dealkylation sites (tertiary alicyclic amines) is 1. The standard InChI is InChI=1S/C13H24N4O2/c1-2-3-11(14)12(18)16-7-4-10(5-8-16)17-9-6-15-13(17)19/h10-11H,2-9,14H2,1H3,(H,15,19)/t11-/m1/s1. The first-order valence-corrected chi connectivity index (χ1v) is 7.22. The molecule has 0 radical (unpaired) electrons. The molecule has 0 unspecified atom stereocenters. The monoisotopic (exact) mass is 268 g/mol. The van der Waals surface area contributed by atoms with Crippen LogP contribution >= 0.6 is 0 Å². The largest absolute Gasteiger partial charge is 0.341 e. The third-order valence-electron chi connectivity index (χ3n) is 4.02. The van der Waals surface area contributed by atoms with Gasteiger partial charge in [-0.25, -0.2) is 4.79 Å². The van der Waals surface area contributed by atoms with Gasteiger partial charge in [0, 0.05) is 32.2 Å². The number of hydrogen-bond donors (Lipinski definition) is 2. The first-order valence-electron chi connectivity index (χ1n) is 7.22. The minimum absolute atomic E-state index is 0.0347. The van der Waals surface area contributed by atoms with E-state index < -0.39 is 0 Å². The molecule has 2 aliphatic rings. The lowest BCUT2D eigenvalue weighted by molar-refractivity contribution is -0.134. The topological polar surface area (TPSA) is 78.7 Å². The second-order valence-corrected chi connectivity index (χ2v) is 5.38. The molecule has 3 amide bonds. The maximum absolute atomic E-state index is 12.1. The van der Waals surface area contributed by atoms with Crippen molar-refractivity contribution in [3.63, 3.8) is 0 Å². The maximum atomic E-state index is 12.1. The number of hydrogen-bond acceptors (Lipinski definition) is 3. The molecule has 2 heterocycles. The number of nitrogens with zero attached hydrogens (tertiary/aromatic N) is 2. The Morgan fingerprint density at radius 1 is 1.42 bits per heavy atom. The van der Waals surface area contributed by atoms with Crippen molar-refractivity contribution in [3.05, 3.63) is 0 Å². The molecule has 2 fully saturated rings. The predicted octanol–water partition coefficient (Wildman–Crippen LogP) is 0.130. The normalized spacial score (nSPS) is 22.5. The van der Waals surface area contributed by atoms with Gasteiger partial charge in [-0.2, -0.15) is 0 Å². The van der Waals surface area contributed by atoms with Crippen molar-refractivity contribution < 1.29 is 9.59 Å². The Morgan fingerprint density at radius 3 is 2.63 bits per heavy atom. The summed E-state index contributed by atoms with van der Waals surface area (Å²) in [7, 11) is 0. The zero-order valence-electron chi connectivity index (χ0n) is 11.6. The second-order valence-electron chi connectivity index (χ2n) is 5.38. The molecule has 2 saturated heterocycles. The summed E-state index contributed by atoms with van der Waals surface area (Å²) in [6.45, 7) is 4.98. The van der Waals surface area contributed by atoms with Crippen molar-refractivity contribution in [2.45, 2.75) is 44.7 Å². The quantitative estimate of drug-likeness (QED) is 0.760. The lowest BCUT2D eigenvalue weighted by atomic mass is 10.0. The molecule has 2 rings (SSSR count). The van der Waals surface area contributed by atoms with Gasteiger partial charge in [0.1, 0.15) is 0 Å². The SMILES string of the molecule is CCC[C@@H](N)C(=O)N1CCC(N2CCNC2=O)CC1. The smallest absolute Gasteiger partial charge is 0.317 e. The third kappa shape index (κ3) is 3.18. The molecule has 108 valence electrons. The van der Waals surface area contributed by atoms with Crippen molar-refractivity contribution in [1.29, 1.82) is 0 Å². The van der Waals surface area contributed by atoms with E-state index in [-0.39, 0.29) is 24.0 Å². The molecule has 0 aromatic heterocycles. The molecule has 0 saturated carbocycles. The van der Waals surface area contributed by atoms with Crippen LogP contribution in [-0.2, 0) is 4.79 Å². The minimum atomic E-state index is -0.364. The molecule has 19 heavy (non-hydrogen) atoms. The Balaban J connectivity index is 1.82. The van der Waals surface area contributed by atoms with Gasteiger partial charge in [-0.15, -0.1) is 0 Å². The maximum Gasteiger partial charge on any atom is 0.317 e. The molecule has 3 N–H and O–H groups in total. The van der Waals surface area contributed by atoms with Gasteiger partial charge in [0.25, 0.3) is 0 Å². The molecule has 0 bridgehead atoms. The van der Waals surface area contributed by atoms with E-state index in [9.17, 15) is 9.59 Å². The summed E-state index contributed by atoms with van der Waals surface area (Å²) < 4.78 is 0. The Kier molecular flexibility index (Phi) is 4.63. The van der Waals surface area contributed by atoms with Gasteiger partial charge in [0.15, 0.2) is 0 Å². The highest BCUT2D eigenvalue weighted by molar-refractivity contribution is 5.81. The molecule has 2 aliphatic heterocycles. The Bertz CT molecular complexity index is 340. The van der Waals surface area contributed by atoms with Gasteiger partial charge >= 0.3 is 6.03 Å². The zero-order valence-corrected chi connectivity index (χ0v) is 11.6. The van der Waals surface area contributed by atoms with Crippen molar-refractivity contribution in [1.82, 2.24) is 15.1 Å². The van der Waals surface area contributed by atoms with Crippen LogP contribution in [0.25, 0.3) is 0 Å². The summed E-state index contributed by atoms with van der Waals surface area (Å²) in [4.78, 5) is 27.4. The Hall–Kier alpha value is -1.30. The zero-order chi connectivity index (χ0) is 13.8. The highest BCUT2D eigenvalue weighted by atomic mass is 16.2. The molecule has 1 atom stereocenters. The molecule has 0 aromatic carbocycles. The van der Waals surface area contributed by atoms with Gasteiger partial charge in [0.2, 0.25) is 5.91 Å². The van der Waals surface area contributed by atoms with Gasteiger partial charge in [-0.3, -0.25) is 4.79 Å². The highest BCUT2D eigenvalue weighted by Gasteiger charge is 2.32. The molecule has 0 aliphatic carbocycles. The van der Waals surface area contributed by atoms with E-state index in [1.165, 1.54) is 0 Å². The van der Waals surface area contributed by atoms with Crippen LogP contribution < -0.4 is 11.1 Å². The first-order chi connectivity index (χ1) is 9.13. The Morgan fingerprint density at radius 2 is 2.11 bits per heavy atom. The number of nitrogens with one attached hydrogen (secondary N) is 1. The van der Waals surface area contributed by atoms with E-state index in [0.717, 1.165) is 38.8 Å². The van der Waals surface area contributed by atoms with E-state index >= 15 is 0 Å². The third-order valence-corrected chi connectivity index (χ3v) is 4.02. The second kappa shape index (κ2) is 6.23. The molecule has 6 heteroatoms. The van der Waals surface area contributed by atoms with E-state index in [1.807, 2.05) is 16.7 Å². The van der Waals surface area contributed by atoms with Crippen LogP contribution in [0.5, 0.6) is 0 Å². The van der Waals surface area contributed by atoms with Crippen molar-refractivity contribution in [3.8, 4) is 0 Å². The summed E-state index contributed by atoms with van der Waals surface area (Å²) in [6, 6.07) is -0.0574. The highest BCUT2D eigenvalue weighted by Crippen LogP contribution is 2.19. The van der Waals surface area contributed by atoms with Crippen LogP contribution in [0.3, 0.4) is 0 Å². The van der Waals surface area contributed by atoms with E-state index in [4.69, 9.17) is 5.73 Å². The van der Waals surface area contributed by atoms with Gasteiger partial charge < -0.3 is 20.9 Å². The van der Waals surface area contributed by atoms with Crippen molar-refractivity contribution in [2.75, 3.05) is 26.2 Å². The average molecular weight is 268 g/mol. The average Bonchev–Trinajstić information content (AvgIpc) is 2.84. The summed E-state index contributed by atoms with van der Waals surface area (Å²) in [5.74, 6) is 0.0613. The van der Waals surface area contributed by atoms with Crippen molar-refractivity contribution in [2.24, 2.45) is 5.73 Å². The Labute approximate surface area is 114 Å². The first kappa shape index (κ1) is 14.1. The molecule has 0 spiro atoms. The molecule has 0 aromatic rings. The summed E-state index contributed by atoms with van der Waals surface area (Å²) in [5, 5.41) is 2.82. The van der Waals surface area contributed by atoms with Crippen LogP contribution in [0.4, 0.5) is 4.79 Å². The lowest BCUT2D eigenvalue weighted by Crippen LogP contribution is -2.51. The van der Waals surface area contributed by atoms with Gasteiger partial charge in [-0.1, -0.05) is 13.3 Å². The number of amides is 3. The summed E-state index contributed by atoms with van der Waals surface area (Å²) in [5.41, 5.74) is 5.87. The van der Waals surface area contributed by atoms with E-state index in [1.54, 1.807) is 0 Å². The number of nitrogens with two attached hydrogens (primary N) is 1. The predicted molar refractivity (Wildman–Crippen MR) is 72.6 cm³/mol. The van der Waals surface area contributed by atoms with E-state index in [2.05, 4.69) is 5.32 Å². The molecular formula is C13H24N4O2. The van der Waals surface area contributed by atoms with Crippen LogP contribution in [0.1, 0.15) is 32.6 Å². The van der Waals surface area contributed by atoms with Gasteiger partial charge in [-0.05, 0) is 19.3 Å². The fraction of sp³-hybridized carbons (Fsp3) is 0.846. The fourth-order valence-electron chi connectivity index (χ4n) is 2.90. The minimum Gasteiger partial charge on any atom is -0.341 e. The molecular weight excluding hydrogens is 244 g/mol. The van der Waals surface area contributed by atoms with E-state index in [0.29, 0.717) is 13.1 Å².